The van der Waals surface area contributed by atoms with Crippen molar-refractivity contribution < 1.29 is 28.0 Å². The molecule has 1 saturated heterocycles. The summed E-state index contributed by atoms with van der Waals surface area (Å²) in [6, 6.07) is 9.15. The normalized spacial score (nSPS) is 16.4. The Morgan fingerprint density at radius 2 is 1.94 bits per heavy atom. The summed E-state index contributed by atoms with van der Waals surface area (Å²) < 4.78 is 46.8. The van der Waals surface area contributed by atoms with E-state index in [0.29, 0.717) is 54.2 Å². The number of aliphatic hydroxyl groups is 1. The lowest BCUT2D eigenvalue weighted by atomic mass is 9.84. The molecule has 1 aliphatic rings. The number of aromatic nitrogens is 2. The molecule has 2 heterocycles. The number of hydrogen-bond acceptors (Lipinski definition) is 7. The van der Waals surface area contributed by atoms with Crippen LogP contribution in [0.5, 0.6) is 5.75 Å². The third-order valence-corrected chi connectivity index (χ3v) is 7.22. The number of carbonyl (C=O) groups excluding carboxylic acids is 1. The zero-order chi connectivity index (χ0) is 25.9. The Morgan fingerprint density at radius 3 is 2.64 bits per heavy atom. The molecule has 3 aromatic rings. The lowest BCUT2D eigenvalue weighted by Crippen LogP contribution is -2.47. The second-order valence-electron chi connectivity index (χ2n) is 9.25. The molecule has 0 saturated carbocycles. The Hall–Kier alpha value is -3.02. The van der Waals surface area contributed by atoms with Crippen molar-refractivity contribution in [1.82, 2.24) is 14.9 Å². The maximum atomic E-state index is 13.2. The van der Waals surface area contributed by atoms with Gasteiger partial charge in [-0.05, 0) is 49.4 Å². The summed E-state index contributed by atoms with van der Waals surface area (Å²) in [4.78, 5) is 23.5. The van der Waals surface area contributed by atoms with Crippen LogP contribution in [0.25, 0.3) is 11.0 Å². The van der Waals surface area contributed by atoms with Gasteiger partial charge >= 0.3 is 6.61 Å². The largest absolute Gasteiger partial charge is 0.588 e. The highest BCUT2D eigenvalue weighted by atomic mass is 32.2. The van der Waals surface area contributed by atoms with Crippen LogP contribution >= 0.6 is 0 Å². The summed E-state index contributed by atoms with van der Waals surface area (Å²) in [5, 5.41) is 10.8. The van der Waals surface area contributed by atoms with Crippen molar-refractivity contribution in [3.05, 3.63) is 54.4 Å². The molecule has 1 unspecified atom stereocenters. The summed E-state index contributed by atoms with van der Waals surface area (Å²) in [6.45, 7) is 1.52. The van der Waals surface area contributed by atoms with Crippen molar-refractivity contribution in [3.8, 4) is 5.75 Å². The van der Waals surface area contributed by atoms with Crippen LogP contribution in [0.4, 0.5) is 14.5 Å². The smallest absolute Gasteiger partial charge is 0.387 e. The molecule has 192 valence electrons. The van der Waals surface area contributed by atoms with E-state index < -0.39 is 29.5 Å². The number of halogens is 2. The lowest BCUT2D eigenvalue weighted by Gasteiger charge is -2.39. The molecule has 1 fully saturated rings. The van der Waals surface area contributed by atoms with Gasteiger partial charge in [0, 0.05) is 31.5 Å². The highest BCUT2D eigenvalue weighted by Crippen LogP contribution is 2.32. The van der Waals surface area contributed by atoms with Crippen LogP contribution in [0, 0.1) is 5.92 Å². The van der Waals surface area contributed by atoms with Crippen LogP contribution in [0.3, 0.4) is 0 Å². The van der Waals surface area contributed by atoms with Crippen molar-refractivity contribution in [2.75, 3.05) is 17.8 Å². The second-order valence-corrected chi connectivity index (χ2v) is 10.4. The highest BCUT2D eigenvalue weighted by Gasteiger charge is 2.35. The Morgan fingerprint density at radius 1 is 1.22 bits per heavy atom. The van der Waals surface area contributed by atoms with Gasteiger partial charge in [0.25, 0.3) is 5.91 Å². The van der Waals surface area contributed by atoms with Gasteiger partial charge in [-0.25, -0.2) is 9.71 Å². The fourth-order valence-corrected chi connectivity index (χ4v) is 5.48. The molecule has 0 spiro atoms. The fraction of sp³-hybridized carbons (Fsp3) is 0.400. The van der Waals surface area contributed by atoms with Gasteiger partial charge in [-0.2, -0.15) is 8.78 Å². The average molecular weight is 519 g/mol. The Balaban J connectivity index is 1.53. The lowest BCUT2D eigenvalue weighted by molar-refractivity contribution is -0.0504. The Labute approximate surface area is 211 Å². The number of hydrogen-bond donors (Lipinski definition) is 2. The number of anilines is 1. The molecule has 4 rings (SSSR count). The molecule has 0 radical (unpaired) electrons. The van der Waals surface area contributed by atoms with Gasteiger partial charge in [0.15, 0.2) is 0 Å². The standard InChI is InChI=1S/C25H28F2N4O4S/c1-16(2)15-25(33)8-12-31(13-9-25)23(32)18-7-6-17(14-20(18)35-24(26)27)30-36(34)21-5-3-4-19-22(21)29-11-10-28-19/h3-7,10-11,14,16,24,30,33H,8-9,12-13,15H2,1-2H3. The minimum absolute atomic E-state index is 0.0306. The van der Waals surface area contributed by atoms with E-state index in [1.54, 1.807) is 18.2 Å². The number of nitrogens with zero attached hydrogens (tertiary/aromatic N) is 3. The number of rotatable bonds is 8. The van der Waals surface area contributed by atoms with Gasteiger partial charge in [-0.3, -0.25) is 9.78 Å². The minimum atomic E-state index is -3.15. The van der Waals surface area contributed by atoms with E-state index in [9.17, 15) is 23.2 Å². The number of amides is 1. The number of benzene rings is 2. The zero-order valence-electron chi connectivity index (χ0n) is 20.0. The topological polar surface area (TPSA) is 111 Å². The van der Waals surface area contributed by atoms with Gasteiger partial charge < -0.3 is 19.3 Å². The Bertz CT molecular complexity index is 1220. The van der Waals surface area contributed by atoms with E-state index in [1.807, 2.05) is 13.8 Å². The number of alkyl halides is 2. The van der Waals surface area contributed by atoms with Crippen LogP contribution in [-0.2, 0) is 11.4 Å². The number of fused-ring (bicyclic) bond motifs is 1. The van der Waals surface area contributed by atoms with Crippen molar-refractivity contribution in [1.29, 1.82) is 0 Å². The van der Waals surface area contributed by atoms with Crippen molar-refractivity contribution >= 4 is 34.0 Å². The van der Waals surface area contributed by atoms with Crippen LogP contribution in [0.2, 0.25) is 0 Å². The molecule has 36 heavy (non-hydrogen) atoms. The van der Waals surface area contributed by atoms with Crippen LogP contribution < -0.4 is 9.46 Å². The molecule has 2 N–H and O–H groups in total. The first-order valence-electron chi connectivity index (χ1n) is 11.6. The van der Waals surface area contributed by atoms with E-state index in [0.717, 1.165) is 0 Å². The third kappa shape index (κ3) is 6.03. The number of piperidine rings is 1. The van der Waals surface area contributed by atoms with Gasteiger partial charge in [-0.15, -0.1) is 0 Å². The van der Waals surface area contributed by atoms with E-state index in [1.165, 1.54) is 35.5 Å². The first-order chi connectivity index (χ1) is 17.1. The van der Waals surface area contributed by atoms with Crippen molar-refractivity contribution in [2.24, 2.45) is 5.92 Å². The fourth-order valence-electron chi connectivity index (χ4n) is 4.49. The molecular formula is C25H28F2N4O4S. The number of nitrogens with one attached hydrogen (secondary N) is 1. The average Bonchev–Trinajstić information content (AvgIpc) is 2.83. The molecule has 1 aromatic heterocycles. The number of carbonyl (C=O) groups is 1. The summed E-state index contributed by atoms with van der Waals surface area (Å²) in [5.74, 6) is -0.471. The Kier molecular flexibility index (Phi) is 7.91. The highest BCUT2D eigenvalue weighted by molar-refractivity contribution is 7.93. The number of likely N-dealkylation sites (tertiary alicyclic amines) is 1. The van der Waals surface area contributed by atoms with Gasteiger partial charge in [0.2, 0.25) is 4.90 Å². The SMILES string of the molecule is CC(C)CC1(O)CCN(C(=O)c2ccc(N[S+]([O-])c3cccc4nccnc34)cc2OC(F)F)CC1. The molecule has 0 bridgehead atoms. The summed E-state index contributed by atoms with van der Waals surface area (Å²) >= 11 is -1.78. The van der Waals surface area contributed by atoms with Gasteiger partial charge in [0.05, 0.1) is 22.4 Å². The third-order valence-electron chi connectivity index (χ3n) is 6.07. The molecule has 11 heteroatoms. The molecular weight excluding hydrogens is 490 g/mol. The van der Waals surface area contributed by atoms with Crippen molar-refractivity contribution in [2.45, 2.75) is 50.2 Å². The van der Waals surface area contributed by atoms with Gasteiger partial charge in [-0.1, -0.05) is 19.9 Å². The predicted octanol–water partition coefficient (Wildman–Crippen LogP) is 4.38. The number of ether oxygens (including phenoxy) is 1. The quantitative estimate of drug-likeness (QED) is 0.426. The van der Waals surface area contributed by atoms with E-state index >= 15 is 0 Å². The molecule has 0 aliphatic carbocycles. The molecule has 2 aromatic carbocycles. The van der Waals surface area contributed by atoms with Crippen molar-refractivity contribution in [3.63, 3.8) is 0 Å². The van der Waals surface area contributed by atoms with Gasteiger partial charge in [0.1, 0.15) is 22.6 Å². The maximum Gasteiger partial charge on any atom is 0.387 e. The molecule has 8 nitrogen and oxygen atoms in total. The number of para-hydroxylation sites is 1. The summed E-state index contributed by atoms with van der Waals surface area (Å²) in [6.07, 6.45) is 4.47. The summed E-state index contributed by atoms with van der Waals surface area (Å²) in [7, 11) is 0. The minimum Gasteiger partial charge on any atom is -0.588 e. The first kappa shape index (κ1) is 26.1. The first-order valence-corrected chi connectivity index (χ1v) is 12.8. The van der Waals surface area contributed by atoms with Crippen LogP contribution in [0.1, 0.15) is 43.5 Å². The predicted molar refractivity (Wildman–Crippen MR) is 132 cm³/mol. The van der Waals surface area contributed by atoms with E-state index in [-0.39, 0.29) is 17.0 Å². The zero-order valence-corrected chi connectivity index (χ0v) is 20.8. The molecule has 1 atom stereocenters. The van der Waals surface area contributed by atoms with E-state index in [2.05, 4.69) is 19.4 Å². The van der Waals surface area contributed by atoms with E-state index in [4.69, 9.17) is 0 Å². The molecule has 1 aliphatic heterocycles. The maximum absolute atomic E-state index is 13.2. The van der Waals surface area contributed by atoms with Crippen LogP contribution in [-0.4, -0.2) is 55.7 Å². The second kappa shape index (κ2) is 10.9. The summed E-state index contributed by atoms with van der Waals surface area (Å²) in [5.41, 5.74) is 0.374. The molecule has 1 amide bonds. The monoisotopic (exact) mass is 518 g/mol. The van der Waals surface area contributed by atoms with Crippen LogP contribution in [0.15, 0.2) is 53.7 Å².